The monoisotopic (exact) mass is 642 g/mol. The van der Waals surface area contributed by atoms with Gasteiger partial charge >= 0.3 is 144 Å². The van der Waals surface area contributed by atoms with Gasteiger partial charge in [-0.1, -0.05) is 0 Å². The van der Waals surface area contributed by atoms with Gasteiger partial charge in [0.05, 0.1) is 0 Å². The van der Waals surface area contributed by atoms with Crippen LogP contribution in [-0.4, -0.2) is 71.5 Å². The minimum atomic E-state index is 0.845. The third kappa shape index (κ3) is 13.3. The number of hydrogen-bond donors (Lipinski definition) is 0. The zero-order valence-electron chi connectivity index (χ0n) is 10.2. The molecule has 0 aromatic rings. The van der Waals surface area contributed by atoms with Crippen molar-refractivity contribution < 1.29 is 0 Å². The van der Waals surface area contributed by atoms with E-state index in [1.54, 1.807) is 5.32 Å². The van der Waals surface area contributed by atoms with Gasteiger partial charge in [-0.25, -0.2) is 0 Å². The van der Waals surface area contributed by atoms with E-state index in [2.05, 4.69) is 35.4 Å². The standard InChI is InChI=1S/C12H18Se6/c1-2-4-6-8-10-12-14-16-18-17-15-13-11-9-7-5-3-1/h1,3,5,7,9,11H,2,4,6,8,10,12H2/b3-1?,7-5?,11-9+. The average molecular weight is 636 g/mol. The van der Waals surface area contributed by atoms with Gasteiger partial charge in [0.1, 0.15) is 0 Å². The van der Waals surface area contributed by atoms with Crippen LogP contribution in [0.15, 0.2) is 35.4 Å². The Bertz CT molecular complexity index is 235. The third-order valence-corrected chi connectivity index (χ3v) is 79.5. The number of allylic oxidation sites excluding steroid dienone is 5. The predicted octanol–water partition coefficient (Wildman–Crippen LogP) is 1.80. The van der Waals surface area contributed by atoms with Crippen molar-refractivity contribution in [1.82, 2.24) is 0 Å². The van der Waals surface area contributed by atoms with Crippen LogP contribution in [0.25, 0.3) is 0 Å². The zero-order valence-corrected chi connectivity index (χ0v) is 20.4. The molecule has 0 N–H and O–H groups in total. The van der Waals surface area contributed by atoms with Crippen LogP contribution in [0, 0.1) is 0 Å². The van der Waals surface area contributed by atoms with E-state index in [-0.39, 0.29) is 0 Å². The topological polar surface area (TPSA) is 0 Å². The Morgan fingerprint density at radius 2 is 1.50 bits per heavy atom. The average Bonchev–Trinajstić information content (AvgIpc) is 2.39. The van der Waals surface area contributed by atoms with Gasteiger partial charge in [-0.3, -0.25) is 0 Å². The molecule has 0 nitrogen and oxygen atoms in total. The van der Waals surface area contributed by atoms with Crippen molar-refractivity contribution in [3.63, 3.8) is 0 Å². The maximum absolute atomic E-state index is 2.43. The number of rotatable bonds is 0. The van der Waals surface area contributed by atoms with Gasteiger partial charge < -0.3 is 0 Å². The Balaban J connectivity index is 2.20. The van der Waals surface area contributed by atoms with Crippen LogP contribution in [-0.2, 0) is 0 Å². The van der Waals surface area contributed by atoms with Crippen LogP contribution in [0.3, 0.4) is 0 Å². The summed E-state index contributed by atoms with van der Waals surface area (Å²) in [5.41, 5.74) is 0. The van der Waals surface area contributed by atoms with E-state index in [4.69, 9.17) is 0 Å². The third-order valence-electron chi connectivity index (χ3n) is 2.12. The van der Waals surface area contributed by atoms with Gasteiger partial charge in [0, 0.05) is 0 Å². The summed E-state index contributed by atoms with van der Waals surface area (Å²) in [4.78, 5) is 2.43. The molecule has 6 heteroatoms. The fourth-order valence-corrected chi connectivity index (χ4v) is 124. The molecule has 0 amide bonds. The molecular formula is C12H18Se6. The van der Waals surface area contributed by atoms with E-state index in [9.17, 15) is 0 Å². The Morgan fingerprint density at radius 1 is 0.667 bits per heavy atom. The maximum atomic E-state index is 2.43. The summed E-state index contributed by atoms with van der Waals surface area (Å²) in [5, 5.41) is 1.58. The molecule has 102 valence electrons. The molecule has 1 heterocycles. The van der Waals surface area contributed by atoms with Crippen LogP contribution < -0.4 is 0 Å². The van der Waals surface area contributed by atoms with E-state index in [1.165, 1.54) is 32.1 Å². The molecule has 0 spiro atoms. The van der Waals surface area contributed by atoms with Gasteiger partial charge in [0.25, 0.3) is 0 Å². The Labute approximate surface area is 142 Å². The van der Waals surface area contributed by atoms with Crippen molar-refractivity contribution in [3.8, 4) is 0 Å². The molecule has 1 rings (SSSR count). The molecule has 0 radical (unpaired) electrons. The summed E-state index contributed by atoms with van der Waals surface area (Å²) in [6.45, 7) is 0. The first-order chi connectivity index (χ1) is 9.00. The second-order valence-corrected chi connectivity index (χ2v) is 48.4. The van der Waals surface area contributed by atoms with E-state index >= 15 is 0 Å². The predicted molar refractivity (Wildman–Crippen MR) is 89.8 cm³/mol. The second kappa shape index (κ2) is 15.7. The van der Waals surface area contributed by atoms with E-state index in [0.717, 1.165) is 71.5 Å². The molecule has 0 aromatic carbocycles. The molecule has 0 aromatic heterocycles. The normalized spacial score (nSPS) is 23.1. The van der Waals surface area contributed by atoms with Crippen molar-refractivity contribution in [3.05, 3.63) is 35.4 Å². The summed E-state index contributed by atoms with van der Waals surface area (Å²) in [7, 11) is 0. The molecular weight excluding hydrogens is 618 g/mol. The van der Waals surface area contributed by atoms with Gasteiger partial charge in [-0.2, -0.15) is 0 Å². The Kier molecular flexibility index (Phi) is 16.1. The first-order valence-corrected chi connectivity index (χ1v) is 29.8. The van der Waals surface area contributed by atoms with E-state index in [1.807, 2.05) is 0 Å². The summed E-state index contributed by atoms with van der Waals surface area (Å²) < 4.78 is 0. The van der Waals surface area contributed by atoms with Crippen molar-refractivity contribution in [2.24, 2.45) is 0 Å². The van der Waals surface area contributed by atoms with Crippen molar-refractivity contribution in [2.75, 3.05) is 0 Å². The van der Waals surface area contributed by atoms with Gasteiger partial charge in [-0.15, -0.1) is 0 Å². The van der Waals surface area contributed by atoms with Crippen LogP contribution in [0.2, 0.25) is 5.32 Å². The van der Waals surface area contributed by atoms with Crippen molar-refractivity contribution >= 4 is 71.5 Å². The first-order valence-electron chi connectivity index (χ1n) is 5.93. The van der Waals surface area contributed by atoms with E-state index < -0.39 is 0 Å². The molecule has 0 fully saturated rings. The van der Waals surface area contributed by atoms with Gasteiger partial charge in [-0.05, 0) is 0 Å². The molecule has 1 aliphatic rings. The minimum absolute atomic E-state index is 0.845. The Hall–Kier alpha value is 2.34. The van der Waals surface area contributed by atoms with Crippen LogP contribution in [0.5, 0.6) is 0 Å². The van der Waals surface area contributed by atoms with E-state index in [0.29, 0.717) is 0 Å². The SMILES string of the molecule is C1=C/C=C/[Se][Se][Se][Se][Se][Se]CCCCCCC=C1. The van der Waals surface area contributed by atoms with Crippen molar-refractivity contribution in [1.29, 1.82) is 0 Å². The molecule has 0 atom stereocenters. The van der Waals surface area contributed by atoms with Gasteiger partial charge in [0.15, 0.2) is 0 Å². The summed E-state index contributed by atoms with van der Waals surface area (Å²) in [6.07, 6.45) is 18.3. The van der Waals surface area contributed by atoms with Crippen molar-refractivity contribution in [2.45, 2.75) is 37.4 Å². The van der Waals surface area contributed by atoms with Crippen LogP contribution >= 0.6 is 0 Å². The summed E-state index contributed by atoms with van der Waals surface area (Å²) in [5.74, 6) is 0. The molecule has 0 unspecified atom stereocenters. The fraction of sp³-hybridized carbons (Fsp3) is 0.500. The molecule has 0 saturated carbocycles. The van der Waals surface area contributed by atoms with Crippen LogP contribution in [0.4, 0.5) is 0 Å². The molecule has 1 aliphatic heterocycles. The Morgan fingerprint density at radius 3 is 2.50 bits per heavy atom. The quantitative estimate of drug-likeness (QED) is 0.357. The molecule has 0 aliphatic carbocycles. The molecule has 0 saturated heterocycles. The number of hydrogen-bond acceptors (Lipinski definition) is 0. The van der Waals surface area contributed by atoms with Gasteiger partial charge in [0.2, 0.25) is 0 Å². The first kappa shape index (κ1) is 18.4. The second-order valence-electron chi connectivity index (χ2n) is 3.53. The molecule has 18 heavy (non-hydrogen) atoms. The fourth-order valence-electron chi connectivity index (χ4n) is 1.27. The molecule has 0 bridgehead atoms. The zero-order chi connectivity index (χ0) is 12.7. The summed E-state index contributed by atoms with van der Waals surface area (Å²) in [6, 6.07) is 0. The summed E-state index contributed by atoms with van der Waals surface area (Å²) >= 11 is 6.22. The van der Waals surface area contributed by atoms with Crippen LogP contribution in [0.1, 0.15) is 32.1 Å².